The fraction of sp³-hybridized carbons (Fsp3) is 0.333. The summed E-state index contributed by atoms with van der Waals surface area (Å²) in [6, 6.07) is 4.89. The molecule has 1 aromatic carbocycles. The number of sulfonamides is 1. The van der Waals surface area contributed by atoms with E-state index in [1.165, 1.54) is 18.2 Å². The average Bonchev–Trinajstić information content (AvgIpc) is 2.71. The minimum atomic E-state index is -3.69. The van der Waals surface area contributed by atoms with Crippen molar-refractivity contribution in [3.8, 4) is 0 Å². The van der Waals surface area contributed by atoms with Crippen LogP contribution in [0, 0.1) is 5.82 Å². The maximum Gasteiger partial charge on any atom is 0.265 e. The second-order valence-electron chi connectivity index (χ2n) is 3.18. The van der Waals surface area contributed by atoms with E-state index in [4.69, 9.17) is 4.84 Å². The second kappa shape index (κ2) is 3.88. The summed E-state index contributed by atoms with van der Waals surface area (Å²) in [6.45, 7) is 0.702. The largest absolute Gasteiger partial charge is 0.284 e. The SMILES string of the molecule is O=S(=O)(c1cccc(F)c1)N1CCCO1. The monoisotopic (exact) mass is 231 g/mol. The molecule has 15 heavy (non-hydrogen) atoms. The third kappa shape index (κ3) is 2.01. The summed E-state index contributed by atoms with van der Waals surface area (Å²) in [5.74, 6) is -0.574. The lowest BCUT2D eigenvalue weighted by Gasteiger charge is -2.13. The van der Waals surface area contributed by atoms with Crippen LogP contribution in [-0.2, 0) is 14.9 Å². The van der Waals surface area contributed by atoms with Crippen LogP contribution in [0.25, 0.3) is 0 Å². The smallest absolute Gasteiger partial charge is 0.265 e. The van der Waals surface area contributed by atoms with E-state index in [0.717, 1.165) is 10.5 Å². The Morgan fingerprint density at radius 2 is 2.20 bits per heavy atom. The van der Waals surface area contributed by atoms with Crippen molar-refractivity contribution in [3.05, 3.63) is 30.1 Å². The van der Waals surface area contributed by atoms with E-state index >= 15 is 0 Å². The van der Waals surface area contributed by atoms with Crippen LogP contribution in [-0.4, -0.2) is 26.0 Å². The van der Waals surface area contributed by atoms with Gasteiger partial charge in [-0.25, -0.2) is 12.8 Å². The fourth-order valence-electron chi connectivity index (χ4n) is 1.36. The molecule has 1 aliphatic rings. The first-order chi connectivity index (χ1) is 7.10. The summed E-state index contributed by atoms with van der Waals surface area (Å²) >= 11 is 0. The molecular weight excluding hydrogens is 221 g/mol. The molecule has 0 atom stereocenters. The van der Waals surface area contributed by atoms with Gasteiger partial charge in [-0.15, -0.1) is 0 Å². The highest BCUT2D eigenvalue weighted by molar-refractivity contribution is 7.89. The van der Waals surface area contributed by atoms with Crippen LogP contribution in [0.15, 0.2) is 29.2 Å². The maximum absolute atomic E-state index is 12.9. The molecule has 0 aliphatic carbocycles. The lowest BCUT2D eigenvalue weighted by molar-refractivity contribution is -0.0284. The highest BCUT2D eigenvalue weighted by Crippen LogP contribution is 2.20. The average molecular weight is 231 g/mol. The van der Waals surface area contributed by atoms with Crippen LogP contribution in [0.5, 0.6) is 0 Å². The van der Waals surface area contributed by atoms with E-state index in [0.29, 0.717) is 19.6 Å². The minimum Gasteiger partial charge on any atom is -0.284 e. The molecular formula is C9H10FNO3S. The second-order valence-corrected chi connectivity index (χ2v) is 5.00. The molecule has 4 nitrogen and oxygen atoms in total. The van der Waals surface area contributed by atoms with Crippen molar-refractivity contribution in [2.24, 2.45) is 0 Å². The number of benzene rings is 1. The van der Waals surface area contributed by atoms with Gasteiger partial charge in [-0.2, -0.15) is 0 Å². The first-order valence-electron chi connectivity index (χ1n) is 4.52. The van der Waals surface area contributed by atoms with Crippen LogP contribution in [0.1, 0.15) is 6.42 Å². The third-order valence-corrected chi connectivity index (χ3v) is 3.76. The van der Waals surface area contributed by atoms with Crippen molar-refractivity contribution in [2.75, 3.05) is 13.2 Å². The number of hydrogen-bond acceptors (Lipinski definition) is 3. The maximum atomic E-state index is 12.9. The molecule has 0 N–H and O–H groups in total. The van der Waals surface area contributed by atoms with Crippen LogP contribution >= 0.6 is 0 Å². The molecule has 6 heteroatoms. The predicted octanol–water partition coefficient (Wildman–Crippen LogP) is 1.15. The van der Waals surface area contributed by atoms with E-state index < -0.39 is 15.8 Å². The minimum absolute atomic E-state index is 0.0793. The molecule has 1 aromatic rings. The molecule has 1 saturated heterocycles. The zero-order valence-corrected chi connectivity index (χ0v) is 8.71. The van der Waals surface area contributed by atoms with E-state index in [1.54, 1.807) is 0 Å². The number of nitrogens with zero attached hydrogens (tertiary/aromatic N) is 1. The molecule has 0 unspecified atom stereocenters. The summed E-state index contributed by atoms with van der Waals surface area (Å²) in [5, 5.41) is 0. The van der Waals surface area contributed by atoms with E-state index in [9.17, 15) is 12.8 Å². The van der Waals surface area contributed by atoms with Crippen molar-refractivity contribution < 1.29 is 17.6 Å². The first kappa shape index (κ1) is 10.5. The Morgan fingerprint density at radius 3 is 2.80 bits per heavy atom. The van der Waals surface area contributed by atoms with Gasteiger partial charge in [0.2, 0.25) is 0 Å². The fourth-order valence-corrected chi connectivity index (χ4v) is 2.69. The van der Waals surface area contributed by atoms with Crippen LogP contribution in [0.3, 0.4) is 0 Å². The van der Waals surface area contributed by atoms with Crippen molar-refractivity contribution in [1.82, 2.24) is 4.47 Å². The summed E-state index contributed by atoms with van der Waals surface area (Å²) in [7, 11) is -3.69. The van der Waals surface area contributed by atoms with Gasteiger partial charge in [0.15, 0.2) is 0 Å². The Kier molecular flexibility index (Phi) is 2.72. The normalized spacial score (nSPS) is 18.2. The predicted molar refractivity (Wildman–Crippen MR) is 50.9 cm³/mol. The van der Waals surface area contributed by atoms with Gasteiger partial charge in [-0.1, -0.05) is 10.5 Å². The summed E-state index contributed by atoms with van der Waals surface area (Å²) in [4.78, 5) is 4.86. The Bertz CT molecular complexity index is 454. The molecule has 0 spiro atoms. The number of hydroxylamine groups is 1. The molecule has 82 valence electrons. The van der Waals surface area contributed by atoms with Crippen molar-refractivity contribution in [1.29, 1.82) is 0 Å². The molecule has 1 fully saturated rings. The molecule has 0 saturated carbocycles. The Labute approximate surface area is 87.3 Å². The summed E-state index contributed by atoms with van der Waals surface area (Å²) in [5.41, 5.74) is 0. The number of hydrogen-bond donors (Lipinski definition) is 0. The van der Waals surface area contributed by atoms with Crippen molar-refractivity contribution >= 4 is 10.0 Å². The Morgan fingerprint density at radius 1 is 1.40 bits per heavy atom. The quantitative estimate of drug-likeness (QED) is 0.767. The zero-order chi connectivity index (χ0) is 10.9. The molecule has 1 aliphatic heterocycles. The molecule has 0 bridgehead atoms. The number of halogens is 1. The lowest BCUT2D eigenvalue weighted by atomic mass is 10.4. The Hall–Kier alpha value is -0.980. The highest BCUT2D eigenvalue weighted by Gasteiger charge is 2.28. The standard InChI is InChI=1S/C9H10FNO3S/c10-8-3-1-4-9(7-8)15(12,13)11-5-2-6-14-11/h1,3-4,7H,2,5-6H2. The van der Waals surface area contributed by atoms with Gasteiger partial charge in [0.05, 0.1) is 11.5 Å². The zero-order valence-electron chi connectivity index (χ0n) is 7.89. The van der Waals surface area contributed by atoms with Crippen molar-refractivity contribution in [3.63, 3.8) is 0 Å². The molecule has 0 amide bonds. The van der Waals surface area contributed by atoms with Gasteiger partial charge in [0, 0.05) is 6.54 Å². The number of rotatable bonds is 2. The van der Waals surface area contributed by atoms with Crippen LogP contribution < -0.4 is 0 Å². The van der Waals surface area contributed by atoms with Gasteiger partial charge in [-0.05, 0) is 24.6 Å². The third-order valence-electron chi connectivity index (χ3n) is 2.08. The molecule has 0 radical (unpaired) electrons. The van der Waals surface area contributed by atoms with Gasteiger partial charge < -0.3 is 0 Å². The van der Waals surface area contributed by atoms with Gasteiger partial charge in [0.25, 0.3) is 10.0 Å². The van der Waals surface area contributed by atoms with Gasteiger partial charge >= 0.3 is 0 Å². The van der Waals surface area contributed by atoms with Crippen LogP contribution in [0.4, 0.5) is 4.39 Å². The summed E-state index contributed by atoms with van der Waals surface area (Å²) in [6.07, 6.45) is 0.661. The van der Waals surface area contributed by atoms with E-state index in [-0.39, 0.29) is 4.90 Å². The van der Waals surface area contributed by atoms with Gasteiger partial charge in [0.1, 0.15) is 5.82 Å². The molecule has 1 heterocycles. The first-order valence-corrected chi connectivity index (χ1v) is 5.96. The Balaban J connectivity index is 2.36. The highest BCUT2D eigenvalue weighted by atomic mass is 32.2. The van der Waals surface area contributed by atoms with E-state index in [2.05, 4.69) is 0 Å². The topological polar surface area (TPSA) is 46.6 Å². The van der Waals surface area contributed by atoms with E-state index in [1.807, 2.05) is 0 Å². The lowest BCUT2D eigenvalue weighted by Crippen LogP contribution is -2.26. The summed E-state index contributed by atoms with van der Waals surface area (Å²) < 4.78 is 37.4. The van der Waals surface area contributed by atoms with Crippen molar-refractivity contribution in [2.45, 2.75) is 11.3 Å². The molecule has 2 rings (SSSR count). The van der Waals surface area contributed by atoms with Crippen LogP contribution in [0.2, 0.25) is 0 Å². The van der Waals surface area contributed by atoms with Gasteiger partial charge in [-0.3, -0.25) is 4.84 Å². The molecule has 0 aromatic heterocycles.